The van der Waals surface area contributed by atoms with Gasteiger partial charge in [0.05, 0.1) is 11.7 Å². The maximum atomic E-state index is 12.7. The summed E-state index contributed by atoms with van der Waals surface area (Å²) in [5, 5.41) is 10.4. The number of carbonyl (C=O) groups excluding carboxylic acids is 2. The van der Waals surface area contributed by atoms with Crippen molar-refractivity contribution in [2.75, 3.05) is 13.6 Å². The Morgan fingerprint density at radius 1 is 1.38 bits per heavy atom. The molecule has 6 heteroatoms. The van der Waals surface area contributed by atoms with E-state index >= 15 is 0 Å². The minimum Gasteiger partial charge on any atom is -0.357 e. The Labute approximate surface area is 122 Å². The van der Waals surface area contributed by atoms with Gasteiger partial charge < -0.3 is 10.2 Å². The van der Waals surface area contributed by atoms with Gasteiger partial charge in [-0.25, -0.2) is 0 Å². The fraction of sp³-hybridized carbons (Fsp3) is 0.400. The third-order valence-corrected chi connectivity index (χ3v) is 4.00. The third kappa shape index (κ3) is 2.49. The molecule has 3 rings (SSSR count). The lowest BCUT2D eigenvalue weighted by atomic mass is 10.00. The van der Waals surface area contributed by atoms with E-state index in [1.54, 1.807) is 30.3 Å². The molecule has 2 amide bonds. The molecule has 0 bridgehead atoms. The number of hydrogen-bond acceptors (Lipinski definition) is 3. The first-order valence-corrected chi connectivity index (χ1v) is 7.16. The molecule has 1 unspecified atom stereocenters. The molecule has 2 aromatic rings. The molecular weight excluding hydrogens is 268 g/mol. The van der Waals surface area contributed by atoms with E-state index in [0.717, 1.165) is 30.2 Å². The summed E-state index contributed by atoms with van der Waals surface area (Å²) in [6.07, 6.45) is 4.35. The number of hydrogen-bond donors (Lipinski definition) is 2. The highest BCUT2D eigenvalue weighted by Crippen LogP contribution is 2.21. The predicted octanol–water partition coefficient (Wildman–Crippen LogP) is 1.30. The fourth-order valence-corrected chi connectivity index (χ4v) is 2.85. The number of H-pyrrole nitrogens is 1. The number of amides is 2. The van der Waals surface area contributed by atoms with Gasteiger partial charge in [0.15, 0.2) is 0 Å². The van der Waals surface area contributed by atoms with Crippen LogP contribution in [0.4, 0.5) is 0 Å². The van der Waals surface area contributed by atoms with Crippen molar-refractivity contribution in [2.45, 2.75) is 25.3 Å². The zero-order chi connectivity index (χ0) is 14.8. The molecule has 2 N–H and O–H groups in total. The Morgan fingerprint density at radius 3 is 3.05 bits per heavy atom. The normalized spacial score (nSPS) is 18.7. The number of aromatic amines is 1. The number of benzene rings is 1. The van der Waals surface area contributed by atoms with Crippen LogP contribution in [-0.2, 0) is 4.79 Å². The van der Waals surface area contributed by atoms with E-state index in [1.165, 1.54) is 0 Å². The van der Waals surface area contributed by atoms with E-state index in [-0.39, 0.29) is 17.9 Å². The van der Waals surface area contributed by atoms with E-state index in [0.29, 0.717) is 12.1 Å². The molecule has 1 aromatic heterocycles. The summed E-state index contributed by atoms with van der Waals surface area (Å²) in [5.74, 6) is -0.189. The maximum Gasteiger partial charge on any atom is 0.254 e. The first kappa shape index (κ1) is 13.6. The van der Waals surface area contributed by atoms with Gasteiger partial charge in [-0.3, -0.25) is 14.7 Å². The SMILES string of the molecule is CNC(=O)C1CCCCN1C(=O)c1ccc2cn[nH]c2c1. The summed E-state index contributed by atoms with van der Waals surface area (Å²) in [6.45, 7) is 0.623. The number of nitrogens with one attached hydrogen (secondary N) is 2. The van der Waals surface area contributed by atoms with Crippen molar-refractivity contribution in [1.82, 2.24) is 20.4 Å². The minimum atomic E-state index is -0.367. The summed E-state index contributed by atoms with van der Waals surface area (Å²) in [4.78, 5) is 26.4. The highest BCUT2D eigenvalue weighted by molar-refractivity contribution is 6.00. The van der Waals surface area contributed by atoms with Crippen LogP contribution in [-0.4, -0.2) is 46.5 Å². The van der Waals surface area contributed by atoms with Crippen LogP contribution in [0.1, 0.15) is 29.6 Å². The monoisotopic (exact) mass is 286 g/mol. The molecule has 0 aliphatic carbocycles. The van der Waals surface area contributed by atoms with Gasteiger partial charge in [-0.1, -0.05) is 6.07 Å². The average Bonchev–Trinajstić information content (AvgIpc) is 3.01. The molecule has 0 radical (unpaired) electrons. The number of likely N-dealkylation sites (tertiary alicyclic amines) is 1. The Morgan fingerprint density at radius 2 is 2.24 bits per heavy atom. The number of aromatic nitrogens is 2. The summed E-state index contributed by atoms with van der Waals surface area (Å²) >= 11 is 0. The first-order valence-electron chi connectivity index (χ1n) is 7.16. The van der Waals surface area contributed by atoms with Gasteiger partial charge in [0.25, 0.3) is 5.91 Å². The predicted molar refractivity (Wildman–Crippen MR) is 78.8 cm³/mol. The molecular formula is C15H18N4O2. The van der Waals surface area contributed by atoms with E-state index in [9.17, 15) is 9.59 Å². The Hall–Kier alpha value is -2.37. The van der Waals surface area contributed by atoms with Crippen molar-refractivity contribution in [3.05, 3.63) is 30.0 Å². The van der Waals surface area contributed by atoms with Gasteiger partial charge in [0, 0.05) is 24.5 Å². The lowest BCUT2D eigenvalue weighted by molar-refractivity contribution is -0.126. The topological polar surface area (TPSA) is 78.1 Å². The lowest BCUT2D eigenvalue weighted by Crippen LogP contribution is -2.51. The number of rotatable bonds is 2. The number of piperidine rings is 1. The van der Waals surface area contributed by atoms with Crippen LogP contribution < -0.4 is 5.32 Å². The molecule has 0 saturated carbocycles. The molecule has 1 saturated heterocycles. The lowest BCUT2D eigenvalue weighted by Gasteiger charge is -2.34. The zero-order valence-corrected chi connectivity index (χ0v) is 11.9. The molecule has 1 aromatic carbocycles. The van der Waals surface area contributed by atoms with E-state index < -0.39 is 0 Å². The van der Waals surface area contributed by atoms with Gasteiger partial charge in [0.2, 0.25) is 5.91 Å². The molecule has 0 spiro atoms. The summed E-state index contributed by atoms with van der Waals surface area (Å²) < 4.78 is 0. The summed E-state index contributed by atoms with van der Waals surface area (Å²) in [6, 6.07) is 5.08. The second-order valence-electron chi connectivity index (χ2n) is 5.30. The molecule has 6 nitrogen and oxygen atoms in total. The van der Waals surface area contributed by atoms with Crippen LogP contribution in [0.5, 0.6) is 0 Å². The van der Waals surface area contributed by atoms with Gasteiger partial charge in [0.1, 0.15) is 6.04 Å². The van der Waals surface area contributed by atoms with Crippen molar-refractivity contribution in [3.63, 3.8) is 0 Å². The second kappa shape index (κ2) is 5.55. The number of carbonyl (C=O) groups is 2. The van der Waals surface area contributed by atoms with Crippen LogP contribution in [0, 0.1) is 0 Å². The van der Waals surface area contributed by atoms with E-state index in [1.807, 2.05) is 6.07 Å². The smallest absolute Gasteiger partial charge is 0.254 e. The second-order valence-corrected chi connectivity index (χ2v) is 5.30. The van der Waals surface area contributed by atoms with Gasteiger partial charge in [-0.05, 0) is 31.4 Å². The highest BCUT2D eigenvalue weighted by atomic mass is 16.2. The summed E-state index contributed by atoms with van der Waals surface area (Å²) in [7, 11) is 1.61. The highest BCUT2D eigenvalue weighted by Gasteiger charge is 2.32. The van der Waals surface area contributed by atoms with E-state index in [2.05, 4.69) is 15.5 Å². The van der Waals surface area contributed by atoms with Crippen molar-refractivity contribution in [3.8, 4) is 0 Å². The first-order chi connectivity index (χ1) is 10.2. The van der Waals surface area contributed by atoms with E-state index in [4.69, 9.17) is 0 Å². The number of likely N-dealkylation sites (N-methyl/N-ethyl adjacent to an activating group) is 1. The third-order valence-electron chi connectivity index (χ3n) is 4.00. The molecule has 21 heavy (non-hydrogen) atoms. The van der Waals surface area contributed by atoms with Gasteiger partial charge >= 0.3 is 0 Å². The molecule has 1 atom stereocenters. The van der Waals surface area contributed by atoms with Crippen molar-refractivity contribution >= 4 is 22.7 Å². The minimum absolute atomic E-state index is 0.0920. The van der Waals surface area contributed by atoms with Crippen LogP contribution in [0.3, 0.4) is 0 Å². The van der Waals surface area contributed by atoms with Crippen molar-refractivity contribution in [2.24, 2.45) is 0 Å². The Bertz CT molecular complexity index is 679. The van der Waals surface area contributed by atoms with Crippen molar-refractivity contribution < 1.29 is 9.59 Å². The van der Waals surface area contributed by atoms with Crippen LogP contribution in [0.25, 0.3) is 10.9 Å². The number of fused-ring (bicyclic) bond motifs is 1. The van der Waals surface area contributed by atoms with Crippen LogP contribution in [0.15, 0.2) is 24.4 Å². The molecule has 1 aliphatic heterocycles. The van der Waals surface area contributed by atoms with Gasteiger partial charge in [-0.2, -0.15) is 5.10 Å². The quantitative estimate of drug-likeness (QED) is 0.873. The molecule has 2 heterocycles. The maximum absolute atomic E-state index is 12.7. The standard InChI is InChI=1S/C15H18N4O2/c1-16-14(20)13-4-2-3-7-19(13)15(21)10-5-6-11-9-17-18-12(11)8-10/h5-6,8-9,13H,2-4,7H2,1H3,(H,16,20)(H,17,18). The van der Waals surface area contributed by atoms with Gasteiger partial charge in [-0.15, -0.1) is 0 Å². The largest absolute Gasteiger partial charge is 0.357 e. The fourth-order valence-electron chi connectivity index (χ4n) is 2.85. The van der Waals surface area contributed by atoms with Crippen molar-refractivity contribution in [1.29, 1.82) is 0 Å². The average molecular weight is 286 g/mol. The Balaban J connectivity index is 1.89. The van der Waals surface area contributed by atoms with Crippen LogP contribution >= 0.6 is 0 Å². The molecule has 1 fully saturated rings. The number of nitrogens with zero attached hydrogens (tertiary/aromatic N) is 2. The van der Waals surface area contributed by atoms with Crippen LogP contribution in [0.2, 0.25) is 0 Å². The molecule has 1 aliphatic rings. The zero-order valence-electron chi connectivity index (χ0n) is 11.9. The summed E-state index contributed by atoms with van der Waals surface area (Å²) in [5.41, 5.74) is 1.41. The molecule has 110 valence electrons. The Kier molecular flexibility index (Phi) is 3.60.